The molecule has 1 amide bonds. The Balaban J connectivity index is 1.98. The normalized spacial score (nSPS) is 12.9. The molecule has 0 aliphatic heterocycles. The molecule has 0 aliphatic rings. The lowest BCUT2D eigenvalue weighted by atomic mass is 9.94. The Hall–Kier alpha value is -3.54. The summed E-state index contributed by atoms with van der Waals surface area (Å²) in [5.74, 6) is -0.131. The van der Waals surface area contributed by atoms with Crippen molar-refractivity contribution in [3.05, 3.63) is 87.6 Å². The molecule has 1 aromatic carbocycles. The van der Waals surface area contributed by atoms with Crippen LogP contribution in [0.3, 0.4) is 0 Å². The van der Waals surface area contributed by atoms with Gasteiger partial charge in [0.15, 0.2) is 0 Å². The van der Waals surface area contributed by atoms with Crippen LogP contribution in [0, 0.1) is 26.7 Å². The van der Waals surface area contributed by atoms with E-state index in [2.05, 4.69) is 36.3 Å². The van der Waals surface area contributed by atoms with Crippen molar-refractivity contribution >= 4 is 11.7 Å². The van der Waals surface area contributed by atoms with E-state index in [-0.39, 0.29) is 29.6 Å². The largest absolute Gasteiger partial charge is 0.347 e. The first-order valence-electron chi connectivity index (χ1n) is 12.1. The molecule has 6 nitrogen and oxygen atoms in total. The smallest absolute Gasteiger partial charge is 0.251 e. The van der Waals surface area contributed by atoms with Gasteiger partial charge in [-0.05, 0) is 80.0 Å². The van der Waals surface area contributed by atoms with E-state index >= 15 is 0 Å². The highest BCUT2D eigenvalue weighted by Gasteiger charge is 2.26. The van der Waals surface area contributed by atoms with Crippen molar-refractivity contribution in [2.45, 2.75) is 66.5 Å². The number of aromatic nitrogens is 2. The molecule has 0 saturated heterocycles. The Labute approximate surface area is 207 Å². The monoisotopic (exact) mass is 473 g/mol. The maximum atomic E-state index is 13.5. The van der Waals surface area contributed by atoms with Crippen molar-refractivity contribution in [2.24, 2.45) is 5.92 Å². The molecule has 1 N–H and O–H groups in total. The molecular weight excluding hydrogens is 438 g/mol. The minimum absolute atomic E-state index is 0.0410. The van der Waals surface area contributed by atoms with Crippen molar-refractivity contribution in [1.29, 1.82) is 0 Å². The average Bonchev–Trinajstić information content (AvgIpc) is 2.77. The fourth-order valence-electron chi connectivity index (χ4n) is 4.50. The second-order valence-electron chi connectivity index (χ2n) is 9.84. The second kappa shape index (κ2) is 11.3. The number of carbonyl (C=O) groups is 2. The topological polar surface area (TPSA) is 81.1 Å². The van der Waals surface area contributed by atoms with Gasteiger partial charge in [-0.1, -0.05) is 32.0 Å². The molecule has 6 heteroatoms. The summed E-state index contributed by atoms with van der Waals surface area (Å²) in [5, 5.41) is 3.06. The number of aryl methyl sites for hydroxylation is 3. The fourth-order valence-corrected chi connectivity index (χ4v) is 4.50. The van der Waals surface area contributed by atoms with E-state index in [0.717, 1.165) is 33.4 Å². The zero-order valence-corrected chi connectivity index (χ0v) is 21.5. The molecule has 2 heterocycles. The zero-order chi connectivity index (χ0) is 25.7. The first kappa shape index (κ1) is 26.1. The van der Waals surface area contributed by atoms with Crippen molar-refractivity contribution in [3.8, 4) is 11.1 Å². The Kier molecular flexibility index (Phi) is 8.39. The molecule has 0 bridgehead atoms. The summed E-state index contributed by atoms with van der Waals surface area (Å²) < 4.78 is 1.48. The fraction of sp³-hybridized carbons (Fsp3) is 0.379. The van der Waals surface area contributed by atoms with Crippen LogP contribution in [-0.4, -0.2) is 21.2 Å². The van der Waals surface area contributed by atoms with Gasteiger partial charge < -0.3 is 9.88 Å². The number of rotatable bonds is 9. The summed E-state index contributed by atoms with van der Waals surface area (Å²) in [6.45, 7) is 11.5. The number of hydrogen-bond acceptors (Lipinski definition) is 4. The van der Waals surface area contributed by atoms with Gasteiger partial charge in [0, 0.05) is 36.6 Å². The Morgan fingerprint density at radius 1 is 1.03 bits per heavy atom. The molecule has 0 unspecified atom stereocenters. The van der Waals surface area contributed by atoms with Crippen molar-refractivity contribution in [1.82, 2.24) is 14.9 Å². The minimum Gasteiger partial charge on any atom is -0.347 e. The van der Waals surface area contributed by atoms with Crippen molar-refractivity contribution in [2.75, 3.05) is 0 Å². The third-order valence-corrected chi connectivity index (χ3v) is 6.18. The van der Waals surface area contributed by atoms with Gasteiger partial charge >= 0.3 is 0 Å². The van der Waals surface area contributed by atoms with E-state index in [9.17, 15) is 14.4 Å². The van der Waals surface area contributed by atoms with E-state index < -0.39 is 12.1 Å². The molecule has 0 fully saturated rings. The summed E-state index contributed by atoms with van der Waals surface area (Å²) in [4.78, 5) is 42.8. The van der Waals surface area contributed by atoms with Crippen molar-refractivity contribution in [3.63, 3.8) is 0 Å². The van der Waals surface area contributed by atoms with Crippen LogP contribution in [0.25, 0.3) is 11.1 Å². The molecule has 35 heavy (non-hydrogen) atoms. The van der Waals surface area contributed by atoms with Crippen LogP contribution < -0.4 is 10.9 Å². The van der Waals surface area contributed by atoms with E-state index in [1.54, 1.807) is 18.6 Å². The predicted molar refractivity (Wildman–Crippen MR) is 139 cm³/mol. The summed E-state index contributed by atoms with van der Waals surface area (Å²) in [7, 11) is 0. The van der Waals surface area contributed by atoms with Gasteiger partial charge in [0.25, 0.3) is 5.56 Å². The molecule has 0 spiro atoms. The third kappa shape index (κ3) is 6.53. The second-order valence-corrected chi connectivity index (χ2v) is 9.84. The van der Waals surface area contributed by atoms with Gasteiger partial charge in [0.2, 0.25) is 5.91 Å². The molecule has 184 valence electrons. The van der Waals surface area contributed by atoms with Crippen LogP contribution in [0.1, 0.15) is 68.0 Å². The molecule has 2 aromatic heterocycles. The van der Waals surface area contributed by atoms with Crippen LogP contribution in [-0.2, 0) is 9.59 Å². The summed E-state index contributed by atoms with van der Waals surface area (Å²) in [6.07, 6.45) is 5.82. The van der Waals surface area contributed by atoms with E-state index in [0.29, 0.717) is 6.42 Å². The van der Waals surface area contributed by atoms with E-state index in [1.807, 2.05) is 39.0 Å². The van der Waals surface area contributed by atoms with Crippen molar-refractivity contribution < 1.29 is 9.59 Å². The van der Waals surface area contributed by atoms with Gasteiger partial charge in [-0.25, -0.2) is 0 Å². The number of nitrogens with zero attached hydrogens (tertiary/aromatic N) is 2. The Morgan fingerprint density at radius 2 is 1.71 bits per heavy atom. The highest BCUT2D eigenvalue weighted by molar-refractivity contribution is 5.83. The highest BCUT2D eigenvalue weighted by Crippen LogP contribution is 2.29. The number of benzene rings is 1. The van der Waals surface area contributed by atoms with Gasteiger partial charge in [-0.2, -0.15) is 0 Å². The first-order chi connectivity index (χ1) is 16.6. The van der Waals surface area contributed by atoms with Crippen LogP contribution >= 0.6 is 0 Å². The maximum absolute atomic E-state index is 13.5. The third-order valence-electron chi connectivity index (χ3n) is 6.18. The average molecular weight is 474 g/mol. The number of amides is 1. The Bertz CT molecular complexity index is 1260. The van der Waals surface area contributed by atoms with Crippen LogP contribution in [0.5, 0.6) is 0 Å². The van der Waals surface area contributed by atoms with Crippen LogP contribution in [0.2, 0.25) is 0 Å². The summed E-state index contributed by atoms with van der Waals surface area (Å²) in [6, 6.07) is 10.3. The number of nitrogens with one attached hydrogen (secondary N) is 1. The zero-order valence-electron chi connectivity index (χ0n) is 21.5. The summed E-state index contributed by atoms with van der Waals surface area (Å²) >= 11 is 0. The lowest BCUT2D eigenvalue weighted by Gasteiger charge is -2.25. The quantitative estimate of drug-likeness (QED) is 0.460. The van der Waals surface area contributed by atoms with Gasteiger partial charge in [0.05, 0.1) is 6.04 Å². The standard InChI is InChI=1S/C29H35N3O3/c1-18(2)12-26(32-11-10-19(3)13-27(32)34)29(35)31-25(14-22(6)33)23-15-24(17-30-16-23)28-20(4)8-7-9-21(28)5/h7-11,13,15-18,25-26H,12,14H2,1-6H3,(H,31,35)/t25-,26-/m1/s1. The number of carbonyl (C=O) groups excluding carboxylic acids is 2. The highest BCUT2D eigenvalue weighted by atomic mass is 16.2. The SMILES string of the molecule is CC(=O)C[C@@H](NC(=O)[C@@H](CC(C)C)n1ccc(C)cc1=O)c1cncc(-c2c(C)cccc2C)c1. The van der Waals surface area contributed by atoms with Gasteiger partial charge in [-0.15, -0.1) is 0 Å². The number of hydrogen-bond donors (Lipinski definition) is 1. The minimum atomic E-state index is -0.674. The molecule has 0 aliphatic carbocycles. The molecule has 0 saturated carbocycles. The lowest BCUT2D eigenvalue weighted by molar-refractivity contribution is -0.126. The van der Waals surface area contributed by atoms with E-state index in [4.69, 9.17) is 0 Å². The number of ketones is 1. The summed E-state index contributed by atoms with van der Waals surface area (Å²) in [5.41, 5.74) is 5.69. The van der Waals surface area contributed by atoms with E-state index in [1.165, 1.54) is 17.6 Å². The predicted octanol–water partition coefficient (Wildman–Crippen LogP) is 5.26. The molecule has 3 rings (SSSR count). The van der Waals surface area contributed by atoms with Crippen LogP contribution in [0.4, 0.5) is 0 Å². The number of Topliss-reactive ketones (excluding diaryl/α,β-unsaturated/α-hetero) is 1. The maximum Gasteiger partial charge on any atom is 0.251 e. The lowest BCUT2D eigenvalue weighted by Crippen LogP contribution is -2.40. The van der Waals surface area contributed by atoms with Gasteiger partial charge in [0.1, 0.15) is 11.8 Å². The van der Waals surface area contributed by atoms with Crippen LogP contribution in [0.15, 0.2) is 59.8 Å². The van der Waals surface area contributed by atoms with Gasteiger partial charge in [-0.3, -0.25) is 19.4 Å². The molecule has 3 aromatic rings. The Morgan fingerprint density at radius 3 is 2.31 bits per heavy atom. The number of pyridine rings is 2. The molecule has 2 atom stereocenters. The first-order valence-corrected chi connectivity index (χ1v) is 12.1. The molecular formula is C29H35N3O3. The molecule has 0 radical (unpaired) electrons.